The number of anilines is 1. The van der Waals surface area contributed by atoms with Gasteiger partial charge < -0.3 is 9.47 Å². The molecule has 0 fully saturated rings. The average molecular weight is 319 g/mol. The first-order chi connectivity index (χ1) is 11.7. The molecule has 0 saturated carbocycles. The molecule has 0 spiro atoms. The first-order valence-corrected chi connectivity index (χ1v) is 8.60. The van der Waals surface area contributed by atoms with E-state index in [1.54, 1.807) is 0 Å². The normalized spacial score (nSPS) is 11.5. The highest BCUT2D eigenvalue weighted by molar-refractivity contribution is 5.80. The zero-order chi connectivity index (χ0) is 16.9. The number of hydrogen-bond acceptors (Lipinski definition) is 2. The SMILES string of the molecule is CCCCn1c(C=Cc2ccc(N(C)C)cc2)nc2ccccc21. The van der Waals surface area contributed by atoms with Gasteiger partial charge in [-0.2, -0.15) is 0 Å². The number of aryl methyl sites for hydroxylation is 1. The topological polar surface area (TPSA) is 21.1 Å². The maximum absolute atomic E-state index is 4.79. The number of aromatic nitrogens is 2. The molecule has 124 valence electrons. The van der Waals surface area contributed by atoms with Crippen molar-refractivity contribution in [1.82, 2.24) is 9.55 Å². The summed E-state index contributed by atoms with van der Waals surface area (Å²) in [5.41, 5.74) is 4.68. The molecule has 0 aliphatic rings. The van der Waals surface area contributed by atoms with Gasteiger partial charge in [-0.3, -0.25) is 0 Å². The minimum Gasteiger partial charge on any atom is -0.378 e. The monoisotopic (exact) mass is 319 g/mol. The maximum Gasteiger partial charge on any atom is 0.133 e. The van der Waals surface area contributed by atoms with Gasteiger partial charge >= 0.3 is 0 Å². The van der Waals surface area contributed by atoms with Crippen molar-refractivity contribution >= 4 is 28.9 Å². The van der Waals surface area contributed by atoms with Crippen LogP contribution in [0.1, 0.15) is 31.2 Å². The van der Waals surface area contributed by atoms with Crippen LogP contribution in [-0.2, 0) is 6.54 Å². The Kier molecular flexibility index (Phi) is 4.99. The van der Waals surface area contributed by atoms with Gasteiger partial charge in [0.05, 0.1) is 11.0 Å². The van der Waals surface area contributed by atoms with E-state index in [0.29, 0.717) is 0 Å². The van der Waals surface area contributed by atoms with Gasteiger partial charge in [0.2, 0.25) is 0 Å². The van der Waals surface area contributed by atoms with E-state index in [2.05, 4.69) is 85.1 Å². The van der Waals surface area contributed by atoms with Crippen molar-refractivity contribution in [1.29, 1.82) is 0 Å². The number of para-hydroxylation sites is 2. The van der Waals surface area contributed by atoms with Crippen molar-refractivity contribution in [2.75, 3.05) is 19.0 Å². The third-order valence-electron chi connectivity index (χ3n) is 4.25. The first-order valence-electron chi connectivity index (χ1n) is 8.60. The summed E-state index contributed by atoms with van der Waals surface area (Å²) < 4.78 is 2.32. The molecule has 3 aromatic rings. The molecule has 3 rings (SSSR count). The van der Waals surface area contributed by atoms with Crippen LogP contribution >= 0.6 is 0 Å². The lowest BCUT2D eigenvalue weighted by Crippen LogP contribution is -2.07. The van der Waals surface area contributed by atoms with Crippen LogP contribution in [0.3, 0.4) is 0 Å². The average Bonchev–Trinajstić information content (AvgIpc) is 2.96. The van der Waals surface area contributed by atoms with Crippen molar-refractivity contribution in [3.05, 3.63) is 59.9 Å². The fourth-order valence-electron chi connectivity index (χ4n) is 2.83. The molecule has 3 nitrogen and oxygen atoms in total. The predicted molar refractivity (Wildman–Crippen MR) is 104 cm³/mol. The number of hydrogen-bond donors (Lipinski definition) is 0. The van der Waals surface area contributed by atoms with E-state index in [4.69, 9.17) is 4.98 Å². The van der Waals surface area contributed by atoms with Crippen LogP contribution in [-0.4, -0.2) is 23.6 Å². The van der Waals surface area contributed by atoms with Crippen LogP contribution in [0.5, 0.6) is 0 Å². The summed E-state index contributed by atoms with van der Waals surface area (Å²) in [5, 5.41) is 0. The largest absolute Gasteiger partial charge is 0.378 e. The molecule has 0 aliphatic carbocycles. The number of benzene rings is 2. The van der Waals surface area contributed by atoms with Crippen molar-refractivity contribution in [2.45, 2.75) is 26.3 Å². The standard InChI is InChI=1S/C21H25N3/c1-4-5-16-24-20-9-7-6-8-19(20)22-21(24)15-12-17-10-13-18(14-11-17)23(2)3/h6-15H,4-5,16H2,1-3H3. The second-order valence-corrected chi connectivity index (χ2v) is 6.28. The Bertz CT molecular complexity index is 826. The van der Waals surface area contributed by atoms with Crippen LogP contribution < -0.4 is 4.90 Å². The van der Waals surface area contributed by atoms with Gasteiger partial charge in [-0.1, -0.05) is 43.7 Å². The van der Waals surface area contributed by atoms with Gasteiger partial charge in [-0.15, -0.1) is 0 Å². The Labute approximate surface area is 144 Å². The molecular weight excluding hydrogens is 294 g/mol. The molecule has 24 heavy (non-hydrogen) atoms. The molecule has 0 atom stereocenters. The molecular formula is C21H25N3. The van der Waals surface area contributed by atoms with Crippen molar-refractivity contribution < 1.29 is 0 Å². The van der Waals surface area contributed by atoms with E-state index in [1.165, 1.54) is 29.6 Å². The Morgan fingerprint density at radius 3 is 2.46 bits per heavy atom. The summed E-state index contributed by atoms with van der Waals surface area (Å²) in [6.07, 6.45) is 6.61. The minimum atomic E-state index is 1.01. The van der Waals surface area contributed by atoms with Crippen molar-refractivity contribution in [3.8, 4) is 0 Å². The van der Waals surface area contributed by atoms with Gasteiger partial charge in [-0.05, 0) is 42.3 Å². The number of fused-ring (bicyclic) bond motifs is 1. The van der Waals surface area contributed by atoms with Crippen molar-refractivity contribution in [3.63, 3.8) is 0 Å². The van der Waals surface area contributed by atoms with E-state index >= 15 is 0 Å². The molecule has 1 heterocycles. The fourth-order valence-corrected chi connectivity index (χ4v) is 2.83. The molecule has 0 N–H and O–H groups in total. The van der Waals surface area contributed by atoms with Gasteiger partial charge in [-0.25, -0.2) is 4.98 Å². The smallest absolute Gasteiger partial charge is 0.133 e. The predicted octanol–water partition coefficient (Wildman–Crippen LogP) is 5.07. The minimum absolute atomic E-state index is 1.01. The summed E-state index contributed by atoms with van der Waals surface area (Å²) in [6.45, 7) is 3.23. The molecule has 3 heteroatoms. The second kappa shape index (κ2) is 7.35. The van der Waals surface area contributed by atoms with Gasteiger partial charge in [0.1, 0.15) is 5.82 Å². The molecule has 0 amide bonds. The highest BCUT2D eigenvalue weighted by Crippen LogP contribution is 2.19. The Hall–Kier alpha value is -2.55. The third-order valence-corrected chi connectivity index (χ3v) is 4.25. The summed E-state index contributed by atoms with van der Waals surface area (Å²) in [4.78, 5) is 6.90. The molecule has 0 saturated heterocycles. The zero-order valence-electron chi connectivity index (χ0n) is 14.7. The third kappa shape index (κ3) is 3.51. The van der Waals surface area contributed by atoms with Gasteiger partial charge in [0, 0.05) is 26.3 Å². The molecule has 0 bridgehead atoms. The summed E-state index contributed by atoms with van der Waals surface area (Å²) in [7, 11) is 4.11. The van der Waals surface area contributed by atoms with Crippen LogP contribution in [0.4, 0.5) is 5.69 Å². The Morgan fingerprint density at radius 1 is 1.00 bits per heavy atom. The highest BCUT2D eigenvalue weighted by atomic mass is 15.1. The van der Waals surface area contributed by atoms with E-state index < -0.39 is 0 Å². The lowest BCUT2D eigenvalue weighted by Gasteiger charge is -2.11. The van der Waals surface area contributed by atoms with Crippen LogP contribution in [0.25, 0.3) is 23.2 Å². The number of unbranched alkanes of at least 4 members (excludes halogenated alkanes) is 1. The summed E-state index contributed by atoms with van der Waals surface area (Å²) >= 11 is 0. The zero-order valence-corrected chi connectivity index (χ0v) is 14.7. The van der Waals surface area contributed by atoms with Gasteiger partial charge in [0.15, 0.2) is 0 Å². The maximum atomic E-state index is 4.79. The van der Waals surface area contributed by atoms with Crippen LogP contribution in [0, 0.1) is 0 Å². The van der Waals surface area contributed by atoms with E-state index in [0.717, 1.165) is 17.9 Å². The Morgan fingerprint density at radius 2 is 1.75 bits per heavy atom. The lowest BCUT2D eigenvalue weighted by molar-refractivity contribution is 0.641. The van der Waals surface area contributed by atoms with E-state index in [9.17, 15) is 0 Å². The fraction of sp³-hybridized carbons (Fsp3) is 0.286. The van der Waals surface area contributed by atoms with Gasteiger partial charge in [0.25, 0.3) is 0 Å². The number of rotatable bonds is 6. The molecule has 0 aliphatic heterocycles. The van der Waals surface area contributed by atoms with Crippen LogP contribution in [0.2, 0.25) is 0 Å². The van der Waals surface area contributed by atoms with E-state index in [1.807, 2.05) is 6.07 Å². The highest BCUT2D eigenvalue weighted by Gasteiger charge is 2.07. The van der Waals surface area contributed by atoms with Crippen molar-refractivity contribution in [2.24, 2.45) is 0 Å². The quantitative estimate of drug-likeness (QED) is 0.632. The van der Waals surface area contributed by atoms with Crippen LogP contribution in [0.15, 0.2) is 48.5 Å². The number of nitrogens with zero attached hydrogens (tertiary/aromatic N) is 3. The molecule has 1 aromatic heterocycles. The van der Waals surface area contributed by atoms with E-state index in [-0.39, 0.29) is 0 Å². The number of imidazole rings is 1. The Balaban J connectivity index is 1.90. The molecule has 0 radical (unpaired) electrons. The lowest BCUT2D eigenvalue weighted by atomic mass is 10.2. The summed E-state index contributed by atoms with van der Waals surface area (Å²) in [5.74, 6) is 1.03. The second-order valence-electron chi connectivity index (χ2n) is 6.28. The molecule has 0 unspecified atom stereocenters. The first kappa shape index (κ1) is 16.3. The summed E-state index contributed by atoms with van der Waals surface area (Å²) in [6, 6.07) is 16.9. The molecule has 2 aromatic carbocycles.